The molecule has 170 valence electrons. The fraction of sp³-hybridized carbons (Fsp3) is 0.0909. The summed E-state index contributed by atoms with van der Waals surface area (Å²) in [5.74, 6) is 0. The molecule has 1 heterocycles. The average molecular weight is 470 g/mol. The summed E-state index contributed by atoms with van der Waals surface area (Å²) in [6.45, 7) is 4.35. The van der Waals surface area contributed by atoms with Gasteiger partial charge in [0, 0.05) is 26.0 Å². The van der Waals surface area contributed by atoms with Crippen LogP contribution in [-0.2, 0) is 0 Å². The molecule has 0 aromatic heterocycles. The molecule has 2 heteroatoms. The molecule has 0 bridgehead atoms. The van der Waals surface area contributed by atoms with Crippen molar-refractivity contribution in [3.05, 3.63) is 140 Å². The Balaban J connectivity index is 2.11. The van der Waals surface area contributed by atoms with Crippen molar-refractivity contribution in [2.24, 2.45) is 4.76 Å². The summed E-state index contributed by atoms with van der Waals surface area (Å²) in [5.41, 5.74) is 0. The molecule has 5 aromatic carbocycles. The number of rotatable bonds is 3. The molecule has 1 nitrogen and oxygen atoms in total. The van der Waals surface area contributed by atoms with E-state index < -0.39 is 7.04 Å². The van der Waals surface area contributed by atoms with Crippen LogP contribution in [-0.4, -0.2) is 0 Å². The molecule has 5 aromatic rings. The first-order valence-corrected chi connectivity index (χ1v) is 14.1. The fourth-order valence-corrected chi connectivity index (χ4v) is 9.22. The normalized spacial score (nSPS) is 14.9. The highest BCUT2D eigenvalue weighted by molar-refractivity contribution is 7.81. The van der Waals surface area contributed by atoms with Crippen LogP contribution in [0.4, 0.5) is 0 Å². The molecule has 0 amide bonds. The summed E-state index contributed by atoms with van der Waals surface area (Å²) in [6.07, 6.45) is 5.57. The van der Waals surface area contributed by atoms with Crippen LogP contribution in [0.5, 0.6) is 0 Å². The van der Waals surface area contributed by atoms with E-state index in [0.29, 0.717) is 0 Å². The SMILES string of the molecule is CC=c1ccc2c(c1=CCC)=c1c(ccc3ccccc13)=P(c1ccccc1)(c1ccccc1)N=2. The minimum atomic E-state index is -2.28. The minimum Gasteiger partial charge on any atom is -0.253 e. The Kier molecular flexibility index (Phi) is 5.51. The minimum absolute atomic E-state index is 0.981. The largest absolute Gasteiger partial charge is 0.253 e. The summed E-state index contributed by atoms with van der Waals surface area (Å²) in [5, 5.41) is 11.4. The molecule has 0 radical (unpaired) electrons. The number of benzene rings is 5. The first kappa shape index (κ1) is 21.8. The third-order valence-corrected chi connectivity index (χ3v) is 10.7. The number of hydrogen-bond donors (Lipinski definition) is 0. The Morgan fingerprint density at radius 2 is 1.34 bits per heavy atom. The van der Waals surface area contributed by atoms with Crippen LogP contribution >= 0.6 is 7.04 Å². The lowest BCUT2D eigenvalue weighted by molar-refractivity contribution is 1.23. The average Bonchev–Trinajstić information content (AvgIpc) is 2.93. The van der Waals surface area contributed by atoms with Crippen LogP contribution in [0.1, 0.15) is 20.3 Å². The second-order valence-corrected chi connectivity index (χ2v) is 11.9. The molecular weight excluding hydrogens is 441 g/mol. The van der Waals surface area contributed by atoms with E-state index in [0.717, 1.165) is 11.8 Å². The summed E-state index contributed by atoms with van der Waals surface area (Å²) >= 11 is 0. The van der Waals surface area contributed by atoms with Crippen molar-refractivity contribution >= 4 is 40.6 Å². The van der Waals surface area contributed by atoms with Gasteiger partial charge in [-0.25, -0.2) is 0 Å². The van der Waals surface area contributed by atoms with Gasteiger partial charge in [0.15, 0.2) is 0 Å². The molecular formula is C33H28NP. The first-order valence-electron chi connectivity index (χ1n) is 12.3. The topological polar surface area (TPSA) is 12.4 Å². The molecule has 0 atom stereocenters. The molecule has 35 heavy (non-hydrogen) atoms. The molecule has 0 fully saturated rings. The molecule has 0 spiro atoms. The maximum atomic E-state index is 5.76. The summed E-state index contributed by atoms with van der Waals surface area (Å²) in [4.78, 5) is 1.35. The van der Waals surface area contributed by atoms with Gasteiger partial charge in [-0.3, -0.25) is 4.76 Å². The Morgan fingerprint density at radius 1 is 0.686 bits per heavy atom. The number of nitrogens with zero attached hydrogens (tertiary/aromatic N) is 1. The van der Waals surface area contributed by atoms with Crippen molar-refractivity contribution < 1.29 is 0 Å². The van der Waals surface area contributed by atoms with E-state index in [9.17, 15) is 0 Å². The fourth-order valence-electron chi connectivity index (χ4n) is 5.48. The van der Waals surface area contributed by atoms with E-state index in [4.69, 9.17) is 4.76 Å². The van der Waals surface area contributed by atoms with E-state index in [1.807, 2.05) is 0 Å². The van der Waals surface area contributed by atoms with Gasteiger partial charge in [-0.15, -0.1) is 0 Å². The molecule has 0 unspecified atom stereocenters. The predicted octanol–water partition coefficient (Wildman–Crippen LogP) is 5.59. The molecule has 1 aliphatic rings. The van der Waals surface area contributed by atoms with E-state index in [1.54, 1.807) is 0 Å². The third kappa shape index (κ3) is 3.34. The lowest BCUT2D eigenvalue weighted by Gasteiger charge is -2.26. The van der Waals surface area contributed by atoms with Crippen molar-refractivity contribution in [2.75, 3.05) is 0 Å². The lowest BCUT2D eigenvalue weighted by Crippen LogP contribution is -2.34. The second kappa shape index (κ2) is 8.84. The maximum Gasteiger partial charge on any atom is 0.0710 e. The van der Waals surface area contributed by atoms with Crippen LogP contribution in [0, 0.1) is 15.4 Å². The zero-order valence-corrected chi connectivity index (χ0v) is 21.0. The third-order valence-electron chi connectivity index (χ3n) is 7.00. The highest BCUT2D eigenvalue weighted by atomic mass is 31.2. The van der Waals surface area contributed by atoms with Gasteiger partial charge in [-0.1, -0.05) is 122 Å². The molecule has 0 N–H and O–H groups in total. The van der Waals surface area contributed by atoms with Crippen molar-refractivity contribution in [3.8, 4) is 0 Å². The van der Waals surface area contributed by atoms with Crippen molar-refractivity contribution in [2.45, 2.75) is 20.3 Å². The van der Waals surface area contributed by atoms with Crippen LogP contribution in [0.25, 0.3) is 22.9 Å². The monoisotopic (exact) mass is 469 g/mol. The predicted molar refractivity (Wildman–Crippen MR) is 151 cm³/mol. The van der Waals surface area contributed by atoms with Gasteiger partial charge in [0.1, 0.15) is 0 Å². The van der Waals surface area contributed by atoms with Crippen molar-refractivity contribution in [1.29, 1.82) is 0 Å². The molecule has 0 saturated carbocycles. The highest BCUT2D eigenvalue weighted by Gasteiger charge is 2.26. The number of hydrogen-bond acceptors (Lipinski definition) is 1. The zero-order valence-electron chi connectivity index (χ0n) is 20.1. The molecule has 0 saturated heterocycles. The lowest BCUT2D eigenvalue weighted by atomic mass is 10.0. The van der Waals surface area contributed by atoms with Crippen LogP contribution in [0.2, 0.25) is 0 Å². The van der Waals surface area contributed by atoms with Gasteiger partial charge in [-0.2, -0.15) is 0 Å². The van der Waals surface area contributed by atoms with Gasteiger partial charge in [-0.05, 0) is 40.6 Å². The second-order valence-electron chi connectivity index (χ2n) is 8.95. The van der Waals surface area contributed by atoms with E-state index >= 15 is 0 Å². The Labute approximate surface area is 205 Å². The molecule has 1 aliphatic heterocycles. The zero-order chi connectivity index (χ0) is 23.8. The van der Waals surface area contributed by atoms with Crippen LogP contribution in [0.15, 0.2) is 114 Å². The Morgan fingerprint density at radius 3 is 2.00 bits per heavy atom. The highest BCUT2D eigenvalue weighted by Crippen LogP contribution is 2.51. The Bertz CT molecular complexity index is 1900. The standard InChI is InChI=1S/C33H28NP/c1-3-13-28-24(4-2)20-22-30-32(28)33-29-19-12-11-14-25(29)21-23-31(33)35(34-30,26-15-7-5-8-16-26)27-17-9-6-10-18-27/h4-23H,3H2,1-2H3. The van der Waals surface area contributed by atoms with Gasteiger partial charge < -0.3 is 0 Å². The Hall–Kier alpha value is -3.67. The quantitative estimate of drug-likeness (QED) is 0.306. The first-order chi connectivity index (χ1) is 17.3. The molecule has 6 rings (SSSR count). The van der Waals surface area contributed by atoms with Crippen LogP contribution in [0.3, 0.4) is 0 Å². The van der Waals surface area contributed by atoms with Gasteiger partial charge >= 0.3 is 0 Å². The summed E-state index contributed by atoms with van der Waals surface area (Å²) in [7, 11) is -2.28. The van der Waals surface area contributed by atoms with Crippen LogP contribution < -0.4 is 26.4 Å². The van der Waals surface area contributed by atoms with E-state index in [-0.39, 0.29) is 0 Å². The number of fused-ring (bicyclic) bond motifs is 4. The molecule has 0 aliphatic carbocycles. The summed E-state index contributed by atoms with van der Waals surface area (Å²) in [6, 6.07) is 39.8. The van der Waals surface area contributed by atoms with Gasteiger partial charge in [0.2, 0.25) is 0 Å². The van der Waals surface area contributed by atoms with E-state index in [1.165, 1.54) is 47.2 Å². The van der Waals surface area contributed by atoms with E-state index in [2.05, 4.69) is 135 Å². The van der Waals surface area contributed by atoms with Gasteiger partial charge in [0.25, 0.3) is 0 Å². The smallest absolute Gasteiger partial charge is 0.0710 e. The maximum absolute atomic E-state index is 5.76. The van der Waals surface area contributed by atoms with Gasteiger partial charge in [0.05, 0.1) is 12.4 Å². The summed E-state index contributed by atoms with van der Waals surface area (Å²) < 4.78 is 5.76. The van der Waals surface area contributed by atoms with Crippen molar-refractivity contribution in [3.63, 3.8) is 0 Å². The van der Waals surface area contributed by atoms with Crippen molar-refractivity contribution in [1.82, 2.24) is 0 Å².